The molecule has 0 saturated heterocycles. The summed E-state index contributed by atoms with van der Waals surface area (Å²) >= 11 is 1.53. The normalized spacial score (nSPS) is 13.8. The average molecular weight is 433 g/mol. The van der Waals surface area contributed by atoms with E-state index in [4.69, 9.17) is 14.4 Å². The second-order valence-electron chi connectivity index (χ2n) is 8.21. The monoisotopic (exact) mass is 432 g/mol. The molecule has 31 heavy (non-hydrogen) atoms. The van der Waals surface area contributed by atoms with Gasteiger partial charge in [-0.25, -0.2) is 9.97 Å². The highest BCUT2D eigenvalue weighted by atomic mass is 32.2. The second-order valence-corrected chi connectivity index (χ2v) is 9.15. The van der Waals surface area contributed by atoms with Gasteiger partial charge in [0.15, 0.2) is 5.16 Å². The van der Waals surface area contributed by atoms with E-state index in [2.05, 4.69) is 9.55 Å². The predicted octanol–water partition coefficient (Wildman–Crippen LogP) is 5.31. The Morgan fingerprint density at radius 2 is 1.84 bits per heavy atom. The zero-order valence-electron chi connectivity index (χ0n) is 18.1. The predicted molar refractivity (Wildman–Crippen MR) is 123 cm³/mol. The SMILES string of the molecule is Cc1cc(C)c2c(=O)nc(SCc3nc(-c4ccccc4C)oc3C)n(C3CC3)c2n1. The van der Waals surface area contributed by atoms with Crippen molar-refractivity contribution >= 4 is 22.8 Å². The maximum atomic E-state index is 12.8. The van der Waals surface area contributed by atoms with Gasteiger partial charge in [0.05, 0.1) is 11.1 Å². The minimum Gasteiger partial charge on any atom is -0.441 e. The molecule has 5 rings (SSSR count). The van der Waals surface area contributed by atoms with E-state index < -0.39 is 0 Å². The first-order valence-corrected chi connectivity index (χ1v) is 11.5. The van der Waals surface area contributed by atoms with E-state index in [9.17, 15) is 4.79 Å². The van der Waals surface area contributed by atoms with Crippen molar-refractivity contribution in [3.63, 3.8) is 0 Å². The van der Waals surface area contributed by atoms with Gasteiger partial charge in [-0.1, -0.05) is 30.0 Å². The van der Waals surface area contributed by atoms with Crippen LogP contribution in [0.1, 0.15) is 47.2 Å². The van der Waals surface area contributed by atoms with Gasteiger partial charge in [0, 0.05) is 23.1 Å². The van der Waals surface area contributed by atoms with E-state index in [-0.39, 0.29) is 5.56 Å². The highest BCUT2D eigenvalue weighted by molar-refractivity contribution is 7.98. The molecule has 7 heteroatoms. The first-order chi connectivity index (χ1) is 14.9. The summed E-state index contributed by atoms with van der Waals surface area (Å²) in [4.78, 5) is 26.7. The van der Waals surface area contributed by atoms with E-state index in [0.717, 1.165) is 52.3 Å². The zero-order chi connectivity index (χ0) is 21.7. The van der Waals surface area contributed by atoms with Crippen LogP contribution in [0.2, 0.25) is 0 Å². The Labute approximate surface area is 184 Å². The Morgan fingerprint density at radius 3 is 2.58 bits per heavy atom. The largest absolute Gasteiger partial charge is 0.441 e. The van der Waals surface area contributed by atoms with Gasteiger partial charge >= 0.3 is 0 Å². The molecule has 6 nitrogen and oxygen atoms in total. The van der Waals surface area contributed by atoms with Crippen molar-refractivity contribution in [1.29, 1.82) is 0 Å². The molecular weight excluding hydrogens is 408 g/mol. The van der Waals surface area contributed by atoms with Gasteiger partial charge in [0.1, 0.15) is 11.4 Å². The molecule has 0 amide bonds. The Hall–Kier alpha value is -2.93. The minimum absolute atomic E-state index is 0.211. The third-order valence-electron chi connectivity index (χ3n) is 5.69. The summed E-state index contributed by atoms with van der Waals surface area (Å²) in [6.45, 7) is 7.90. The molecule has 1 aliphatic carbocycles. The zero-order valence-corrected chi connectivity index (χ0v) is 18.9. The van der Waals surface area contributed by atoms with Crippen LogP contribution in [0.5, 0.6) is 0 Å². The van der Waals surface area contributed by atoms with Gasteiger partial charge in [0.25, 0.3) is 5.56 Å². The number of benzene rings is 1. The number of fused-ring (bicyclic) bond motifs is 1. The van der Waals surface area contributed by atoms with Crippen LogP contribution < -0.4 is 5.56 Å². The highest BCUT2D eigenvalue weighted by Crippen LogP contribution is 2.40. The van der Waals surface area contributed by atoms with E-state index in [0.29, 0.717) is 28.2 Å². The summed E-state index contributed by atoms with van der Waals surface area (Å²) in [5, 5.41) is 1.33. The van der Waals surface area contributed by atoms with Crippen molar-refractivity contribution in [3.05, 3.63) is 69.0 Å². The Morgan fingerprint density at radius 1 is 1.06 bits per heavy atom. The van der Waals surface area contributed by atoms with Crippen LogP contribution in [0.3, 0.4) is 0 Å². The fourth-order valence-corrected chi connectivity index (χ4v) is 4.99. The number of aryl methyl sites for hydroxylation is 4. The Balaban J connectivity index is 1.52. The molecule has 1 fully saturated rings. The van der Waals surface area contributed by atoms with Gasteiger partial charge in [-0.3, -0.25) is 4.79 Å². The summed E-state index contributed by atoms with van der Waals surface area (Å²) in [5.41, 5.74) is 5.37. The van der Waals surface area contributed by atoms with Crippen LogP contribution in [0.4, 0.5) is 0 Å². The van der Waals surface area contributed by atoms with Crippen LogP contribution in [0, 0.1) is 27.7 Å². The Bertz CT molecular complexity index is 1370. The van der Waals surface area contributed by atoms with Crippen LogP contribution >= 0.6 is 11.8 Å². The van der Waals surface area contributed by atoms with Crippen molar-refractivity contribution in [2.45, 2.75) is 57.5 Å². The molecule has 0 radical (unpaired) electrons. The number of rotatable bonds is 5. The maximum Gasteiger partial charge on any atom is 0.283 e. The van der Waals surface area contributed by atoms with Gasteiger partial charge in [0.2, 0.25) is 5.89 Å². The van der Waals surface area contributed by atoms with E-state index >= 15 is 0 Å². The average Bonchev–Trinajstić information content (AvgIpc) is 3.48. The number of aromatic nitrogens is 4. The smallest absolute Gasteiger partial charge is 0.283 e. The highest BCUT2D eigenvalue weighted by Gasteiger charge is 2.29. The lowest BCUT2D eigenvalue weighted by Gasteiger charge is -2.15. The van der Waals surface area contributed by atoms with Crippen molar-refractivity contribution < 1.29 is 4.42 Å². The first-order valence-electron chi connectivity index (χ1n) is 10.5. The molecule has 1 aliphatic rings. The number of oxazole rings is 1. The fraction of sp³-hybridized carbons (Fsp3) is 0.333. The van der Waals surface area contributed by atoms with Gasteiger partial charge in [-0.05, 0) is 63.8 Å². The number of hydrogen-bond acceptors (Lipinski definition) is 6. The van der Waals surface area contributed by atoms with Crippen molar-refractivity contribution in [2.75, 3.05) is 0 Å². The summed E-state index contributed by atoms with van der Waals surface area (Å²) < 4.78 is 8.11. The molecule has 0 bridgehead atoms. The molecular formula is C24H24N4O2S. The molecule has 0 spiro atoms. The Kier molecular flexibility index (Phi) is 4.93. The lowest BCUT2D eigenvalue weighted by atomic mass is 10.1. The summed E-state index contributed by atoms with van der Waals surface area (Å²) in [7, 11) is 0. The molecule has 158 valence electrons. The van der Waals surface area contributed by atoms with E-state index in [1.165, 1.54) is 11.8 Å². The van der Waals surface area contributed by atoms with Gasteiger partial charge in [-0.15, -0.1) is 0 Å². The van der Waals surface area contributed by atoms with Crippen molar-refractivity contribution in [1.82, 2.24) is 19.5 Å². The summed E-state index contributed by atoms with van der Waals surface area (Å²) in [6.07, 6.45) is 2.17. The number of nitrogens with zero attached hydrogens (tertiary/aromatic N) is 4. The van der Waals surface area contributed by atoms with Crippen molar-refractivity contribution in [2.24, 2.45) is 0 Å². The molecule has 3 aromatic heterocycles. The quantitative estimate of drug-likeness (QED) is 0.314. The van der Waals surface area contributed by atoms with E-state index in [1.54, 1.807) is 0 Å². The first kappa shape index (κ1) is 20.0. The third-order valence-corrected chi connectivity index (χ3v) is 6.65. The minimum atomic E-state index is -0.211. The fourth-order valence-electron chi connectivity index (χ4n) is 3.93. The molecule has 4 aromatic rings. The van der Waals surface area contributed by atoms with E-state index in [1.807, 2.05) is 58.0 Å². The number of pyridine rings is 1. The second kappa shape index (κ2) is 7.64. The van der Waals surface area contributed by atoms with Crippen molar-refractivity contribution in [3.8, 4) is 11.5 Å². The number of hydrogen-bond donors (Lipinski definition) is 0. The number of thioether (sulfide) groups is 1. The van der Waals surface area contributed by atoms with Crippen LogP contribution in [-0.4, -0.2) is 19.5 Å². The molecule has 0 atom stereocenters. The maximum absolute atomic E-state index is 12.8. The molecule has 3 heterocycles. The summed E-state index contributed by atoms with van der Waals surface area (Å²) in [5.74, 6) is 2.00. The lowest BCUT2D eigenvalue weighted by Crippen LogP contribution is -2.18. The topological polar surface area (TPSA) is 73.8 Å². The molecule has 0 aliphatic heterocycles. The molecule has 0 unspecified atom stereocenters. The van der Waals surface area contributed by atoms with Crippen LogP contribution in [0.15, 0.2) is 44.7 Å². The third kappa shape index (κ3) is 3.67. The lowest BCUT2D eigenvalue weighted by molar-refractivity contribution is 0.540. The molecule has 1 aromatic carbocycles. The van der Waals surface area contributed by atoms with Gasteiger partial charge < -0.3 is 8.98 Å². The molecule has 0 N–H and O–H groups in total. The molecule has 1 saturated carbocycles. The van der Waals surface area contributed by atoms with Gasteiger partial charge in [-0.2, -0.15) is 4.98 Å². The van der Waals surface area contributed by atoms with Crippen LogP contribution in [-0.2, 0) is 5.75 Å². The summed E-state index contributed by atoms with van der Waals surface area (Å²) in [6, 6.07) is 10.4. The standard InChI is InChI=1S/C24H24N4O2S/c1-13-7-5-6-8-18(13)23-26-19(16(4)30-23)12-31-24-27-22(29)20-14(2)11-15(3)25-21(20)28(24)17-9-10-17/h5-8,11,17H,9-10,12H2,1-4H3. The van der Waals surface area contributed by atoms with Crippen LogP contribution in [0.25, 0.3) is 22.5 Å².